The van der Waals surface area contributed by atoms with Crippen LogP contribution in [0.1, 0.15) is 47.0 Å². The third kappa shape index (κ3) is 4.37. The lowest BCUT2D eigenvalue weighted by molar-refractivity contribution is 0.0986. The molecule has 0 unspecified atom stereocenters. The number of hydrogen-bond acceptors (Lipinski definition) is 3. The first-order valence-electron chi connectivity index (χ1n) is 8.54. The van der Waals surface area contributed by atoms with Crippen molar-refractivity contribution in [3.05, 3.63) is 76.7 Å². The van der Waals surface area contributed by atoms with Crippen LogP contribution in [0, 0.1) is 0 Å². The standard InChI is InChI=1S/C22H22O2S/c1-15(2)17-6-8-18(9-7-17)21-13-14-22(25-21)20(24)12-5-16-3-10-19(23)11-4-16/h3-4,6-11,13-15,23H,5,12H2,1-2H3. The smallest absolute Gasteiger partial charge is 0.173 e. The minimum atomic E-state index is 0.170. The van der Waals surface area contributed by atoms with Crippen LogP contribution in [0.15, 0.2) is 60.7 Å². The van der Waals surface area contributed by atoms with Crippen LogP contribution >= 0.6 is 11.3 Å². The van der Waals surface area contributed by atoms with Crippen molar-refractivity contribution in [3.8, 4) is 16.2 Å². The molecule has 0 radical (unpaired) electrons. The quantitative estimate of drug-likeness (QED) is 0.549. The monoisotopic (exact) mass is 350 g/mol. The molecule has 0 aliphatic heterocycles. The first-order valence-corrected chi connectivity index (χ1v) is 9.36. The van der Waals surface area contributed by atoms with Gasteiger partial charge in [-0.25, -0.2) is 0 Å². The van der Waals surface area contributed by atoms with Gasteiger partial charge < -0.3 is 5.11 Å². The molecule has 1 aromatic heterocycles. The molecule has 0 saturated heterocycles. The lowest BCUT2D eigenvalue weighted by Gasteiger charge is -2.05. The molecule has 0 atom stereocenters. The minimum absolute atomic E-state index is 0.170. The Morgan fingerprint density at radius 2 is 1.64 bits per heavy atom. The highest BCUT2D eigenvalue weighted by atomic mass is 32.1. The molecule has 128 valence electrons. The number of benzene rings is 2. The van der Waals surface area contributed by atoms with Crippen LogP contribution in [0.5, 0.6) is 5.75 Å². The third-order valence-electron chi connectivity index (χ3n) is 4.32. The molecule has 0 fully saturated rings. The number of phenolic OH excluding ortho intramolecular Hbond substituents is 1. The van der Waals surface area contributed by atoms with Crippen LogP contribution in [0.2, 0.25) is 0 Å². The molecule has 0 bridgehead atoms. The van der Waals surface area contributed by atoms with Crippen LogP contribution in [-0.4, -0.2) is 10.9 Å². The van der Waals surface area contributed by atoms with E-state index in [1.807, 2.05) is 24.3 Å². The maximum absolute atomic E-state index is 12.4. The highest BCUT2D eigenvalue weighted by Gasteiger charge is 2.11. The predicted molar refractivity (Wildman–Crippen MR) is 105 cm³/mol. The number of rotatable bonds is 6. The molecular weight excluding hydrogens is 328 g/mol. The molecule has 3 rings (SSSR count). The molecule has 1 N–H and O–H groups in total. The Hall–Kier alpha value is -2.39. The fourth-order valence-electron chi connectivity index (χ4n) is 2.72. The Kier molecular flexibility index (Phi) is 5.34. The minimum Gasteiger partial charge on any atom is -0.508 e. The molecule has 2 aromatic carbocycles. The van der Waals surface area contributed by atoms with E-state index < -0.39 is 0 Å². The van der Waals surface area contributed by atoms with Crippen molar-refractivity contribution in [1.29, 1.82) is 0 Å². The lowest BCUT2D eigenvalue weighted by atomic mass is 10.0. The summed E-state index contributed by atoms with van der Waals surface area (Å²) >= 11 is 1.56. The van der Waals surface area contributed by atoms with Crippen LogP contribution < -0.4 is 0 Å². The molecule has 3 aromatic rings. The fourth-order valence-corrected chi connectivity index (χ4v) is 3.70. The maximum atomic E-state index is 12.4. The molecule has 3 heteroatoms. The molecule has 2 nitrogen and oxygen atoms in total. The second-order valence-electron chi connectivity index (χ2n) is 6.53. The van der Waals surface area contributed by atoms with Gasteiger partial charge in [0.2, 0.25) is 0 Å². The van der Waals surface area contributed by atoms with E-state index in [-0.39, 0.29) is 11.5 Å². The predicted octanol–water partition coefficient (Wildman–Crippen LogP) is 6.06. The van der Waals surface area contributed by atoms with Crippen molar-refractivity contribution in [1.82, 2.24) is 0 Å². The molecule has 0 aliphatic carbocycles. The van der Waals surface area contributed by atoms with E-state index in [2.05, 4.69) is 38.1 Å². The molecule has 0 amide bonds. The normalized spacial score (nSPS) is 11.0. The second kappa shape index (κ2) is 7.66. The summed E-state index contributed by atoms with van der Waals surface area (Å²) in [6.07, 6.45) is 1.17. The van der Waals surface area contributed by atoms with Crippen molar-refractivity contribution in [2.75, 3.05) is 0 Å². The SMILES string of the molecule is CC(C)c1ccc(-c2ccc(C(=O)CCc3ccc(O)cc3)s2)cc1. The van der Waals surface area contributed by atoms with Crippen molar-refractivity contribution in [3.63, 3.8) is 0 Å². The van der Waals surface area contributed by atoms with Crippen molar-refractivity contribution >= 4 is 17.1 Å². The van der Waals surface area contributed by atoms with E-state index in [1.165, 1.54) is 5.56 Å². The van der Waals surface area contributed by atoms with Crippen molar-refractivity contribution in [2.24, 2.45) is 0 Å². The Bertz CT molecular complexity index is 842. The van der Waals surface area contributed by atoms with Crippen molar-refractivity contribution in [2.45, 2.75) is 32.6 Å². The number of aryl methyl sites for hydroxylation is 1. The van der Waals surface area contributed by atoms with Gasteiger partial charge in [-0.05, 0) is 53.3 Å². The Labute approximate surface area is 152 Å². The Balaban J connectivity index is 1.65. The van der Waals surface area contributed by atoms with Gasteiger partial charge in [-0.2, -0.15) is 0 Å². The van der Waals surface area contributed by atoms with E-state index in [0.717, 1.165) is 20.9 Å². The summed E-state index contributed by atoms with van der Waals surface area (Å²) < 4.78 is 0. The number of hydrogen-bond donors (Lipinski definition) is 1. The van der Waals surface area contributed by atoms with Crippen LogP contribution in [-0.2, 0) is 6.42 Å². The van der Waals surface area contributed by atoms with Gasteiger partial charge in [-0.1, -0.05) is 50.2 Å². The number of phenols is 1. The second-order valence-corrected chi connectivity index (χ2v) is 7.61. The van der Waals surface area contributed by atoms with Gasteiger partial charge >= 0.3 is 0 Å². The summed E-state index contributed by atoms with van der Waals surface area (Å²) in [4.78, 5) is 14.4. The molecular formula is C22H22O2S. The van der Waals surface area contributed by atoms with Gasteiger partial charge in [0.05, 0.1) is 4.88 Å². The summed E-state index contributed by atoms with van der Waals surface area (Å²) in [5.74, 6) is 0.944. The average molecular weight is 350 g/mol. The van der Waals surface area contributed by atoms with Crippen LogP contribution in [0.4, 0.5) is 0 Å². The number of carbonyl (C=O) groups excluding carboxylic acids is 1. The molecule has 0 aliphatic rings. The fraction of sp³-hybridized carbons (Fsp3) is 0.227. The zero-order valence-corrected chi connectivity index (χ0v) is 15.3. The van der Waals surface area contributed by atoms with Gasteiger partial charge in [-0.15, -0.1) is 11.3 Å². The first-order chi connectivity index (χ1) is 12.0. The van der Waals surface area contributed by atoms with E-state index in [9.17, 15) is 9.90 Å². The van der Waals surface area contributed by atoms with Crippen molar-refractivity contribution < 1.29 is 9.90 Å². The molecule has 25 heavy (non-hydrogen) atoms. The molecule has 0 spiro atoms. The Morgan fingerprint density at radius 1 is 0.960 bits per heavy atom. The number of aromatic hydroxyl groups is 1. The highest BCUT2D eigenvalue weighted by molar-refractivity contribution is 7.17. The average Bonchev–Trinajstić information content (AvgIpc) is 3.11. The largest absolute Gasteiger partial charge is 0.508 e. The summed E-state index contributed by atoms with van der Waals surface area (Å²) in [5.41, 5.74) is 3.55. The van der Waals surface area contributed by atoms with Crippen LogP contribution in [0.25, 0.3) is 10.4 Å². The number of thiophene rings is 1. The zero-order chi connectivity index (χ0) is 17.8. The maximum Gasteiger partial charge on any atom is 0.173 e. The van der Waals surface area contributed by atoms with E-state index >= 15 is 0 Å². The van der Waals surface area contributed by atoms with Gasteiger partial charge in [0.25, 0.3) is 0 Å². The third-order valence-corrected chi connectivity index (χ3v) is 5.50. The summed E-state index contributed by atoms with van der Waals surface area (Å²) in [5, 5.41) is 9.31. The van der Waals surface area contributed by atoms with E-state index in [0.29, 0.717) is 18.8 Å². The van der Waals surface area contributed by atoms with Gasteiger partial charge in [-0.3, -0.25) is 4.79 Å². The zero-order valence-electron chi connectivity index (χ0n) is 14.5. The van der Waals surface area contributed by atoms with Gasteiger partial charge in [0.1, 0.15) is 5.75 Å². The first kappa shape index (κ1) is 17.4. The van der Waals surface area contributed by atoms with E-state index in [1.54, 1.807) is 23.5 Å². The Morgan fingerprint density at radius 3 is 2.28 bits per heavy atom. The summed E-state index contributed by atoms with van der Waals surface area (Å²) in [7, 11) is 0. The topological polar surface area (TPSA) is 37.3 Å². The summed E-state index contributed by atoms with van der Waals surface area (Å²) in [6, 6.07) is 19.6. The van der Waals surface area contributed by atoms with E-state index in [4.69, 9.17) is 0 Å². The highest BCUT2D eigenvalue weighted by Crippen LogP contribution is 2.30. The number of ketones is 1. The van der Waals surface area contributed by atoms with Crippen LogP contribution in [0.3, 0.4) is 0 Å². The molecule has 1 heterocycles. The lowest BCUT2D eigenvalue weighted by Crippen LogP contribution is -1.98. The van der Waals surface area contributed by atoms with Gasteiger partial charge in [0.15, 0.2) is 5.78 Å². The number of carbonyl (C=O) groups is 1. The number of Topliss-reactive ketones (excluding diaryl/α,β-unsaturated/α-hetero) is 1. The van der Waals surface area contributed by atoms with Gasteiger partial charge in [0, 0.05) is 11.3 Å². The summed E-state index contributed by atoms with van der Waals surface area (Å²) in [6.45, 7) is 4.37. The molecule has 0 saturated carbocycles.